The quantitative estimate of drug-likeness (QED) is 0.100. The smallest absolute Gasteiger partial charge is 0.336 e. The number of aromatic nitrogens is 3. The second kappa shape index (κ2) is 9.06. The first-order valence-corrected chi connectivity index (χ1v) is 11.3. The first-order chi connectivity index (χ1) is 16.2. The van der Waals surface area contributed by atoms with E-state index in [1.165, 1.54) is 36.3 Å². The number of aromatic carboxylic acids is 1. The number of amides is 2. The van der Waals surface area contributed by atoms with Gasteiger partial charge in [0.2, 0.25) is 11.5 Å². The Balaban J connectivity index is 1.51. The number of oxime groups is 1. The summed E-state index contributed by atoms with van der Waals surface area (Å²) in [6, 6.07) is 1.65. The van der Waals surface area contributed by atoms with Crippen LogP contribution in [0.1, 0.15) is 16.2 Å². The standard InChI is InChI=1S/C18H15N7O7S2/c19-18-21-12(23-34-18)9(22-32)13(26)20-10-14(27)25-11(17(30)31)8(6-33-15(10)25)5-24-3-1-7(2-4-24)16(28)29/h1-4,10,15H,5-6H2,(H5-,19,20,21,23,26,28,29,30,31,32)/t10-,15+/m1/s1. The average Bonchev–Trinajstić information content (AvgIpc) is 3.23. The van der Waals surface area contributed by atoms with E-state index in [4.69, 9.17) is 10.8 Å². The SMILES string of the molecule is Nc1nc(C(=NO)C(=O)N[C@@H]2C(=O)N3C(C(=O)[O-])=C(C[n+]4ccc(C(=O)O)cc4)CS[C@@H]23)ns1. The number of hydrogen-bond acceptors (Lipinski definition) is 12. The summed E-state index contributed by atoms with van der Waals surface area (Å²) in [5.41, 5.74) is 5.07. The average molecular weight is 505 g/mol. The Labute approximate surface area is 198 Å². The summed E-state index contributed by atoms with van der Waals surface area (Å²) in [5, 5.41) is 34.7. The lowest BCUT2D eigenvalue weighted by Gasteiger charge is -2.50. The van der Waals surface area contributed by atoms with E-state index in [-0.39, 0.29) is 34.5 Å². The van der Waals surface area contributed by atoms with Gasteiger partial charge in [-0.3, -0.25) is 14.5 Å². The molecule has 34 heavy (non-hydrogen) atoms. The Morgan fingerprint density at radius 1 is 1.35 bits per heavy atom. The molecule has 176 valence electrons. The van der Waals surface area contributed by atoms with Crippen molar-refractivity contribution in [3.8, 4) is 0 Å². The number of pyridine rings is 1. The zero-order valence-electron chi connectivity index (χ0n) is 16.9. The highest BCUT2D eigenvalue weighted by atomic mass is 32.2. The van der Waals surface area contributed by atoms with Crippen LogP contribution in [0.3, 0.4) is 0 Å². The fraction of sp³-hybridized carbons (Fsp3) is 0.222. The maximum absolute atomic E-state index is 12.8. The van der Waals surface area contributed by atoms with E-state index in [0.717, 1.165) is 16.4 Å². The van der Waals surface area contributed by atoms with Gasteiger partial charge in [-0.2, -0.15) is 9.36 Å². The summed E-state index contributed by atoms with van der Waals surface area (Å²) in [6.45, 7) is 0.0853. The number of carbonyl (C=O) groups excluding carboxylic acids is 3. The third-order valence-electron chi connectivity index (χ3n) is 5.01. The van der Waals surface area contributed by atoms with E-state index in [9.17, 15) is 29.5 Å². The van der Waals surface area contributed by atoms with E-state index in [1.807, 2.05) is 0 Å². The zero-order chi connectivity index (χ0) is 24.6. The molecule has 1 saturated heterocycles. The number of carboxylic acid groups (broad SMARTS) is 2. The van der Waals surface area contributed by atoms with E-state index >= 15 is 0 Å². The highest BCUT2D eigenvalue weighted by Crippen LogP contribution is 2.40. The van der Waals surface area contributed by atoms with Crippen LogP contribution in [-0.2, 0) is 20.9 Å². The number of hydrogen-bond donors (Lipinski definition) is 4. The Morgan fingerprint density at radius 3 is 2.62 bits per heavy atom. The van der Waals surface area contributed by atoms with Crippen molar-refractivity contribution < 1.29 is 39.2 Å². The third-order valence-corrected chi connectivity index (χ3v) is 6.89. The van der Waals surface area contributed by atoms with E-state index in [0.29, 0.717) is 5.57 Å². The maximum Gasteiger partial charge on any atom is 0.336 e. The van der Waals surface area contributed by atoms with Gasteiger partial charge in [0.25, 0.3) is 11.8 Å². The monoisotopic (exact) mass is 505 g/mol. The van der Waals surface area contributed by atoms with Gasteiger partial charge in [-0.15, -0.1) is 11.8 Å². The van der Waals surface area contributed by atoms with E-state index < -0.39 is 40.9 Å². The number of nitrogen functional groups attached to an aromatic ring is 1. The highest BCUT2D eigenvalue weighted by molar-refractivity contribution is 8.00. The number of anilines is 1. The van der Waals surface area contributed by atoms with Crippen molar-refractivity contribution in [3.63, 3.8) is 0 Å². The summed E-state index contributed by atoms with van der Waals surface area (Å²) in [5.74, 6) is -4.27. The minimum atomic E-state index is -1.55. The molecule has 0 radical (unpaired) electrons. The fourth-order valence-electron chi connectivity index (χ4n) is 3.45. The molecule has 0 aromatic carbocycles. The lowest BCUT2D eigenvalue weighted by Crippen LogP contribution is -2.71. The van der Waals surface area contributed by atoms with Gasteiger partial charge in [-0.05, 0) is 0 Å². The molecule has 0 aliphatic carbocycles. The van der Waals surface area contributed by atoms with Crippen molar-refractivity contribution in [2.75, 3.05) is 11.5 Å². The van der Waals surface area contributed by atoms with Gasteiger partial charge < -0.3 is 31.3 Å². The molecule has 2 atom stereocenters. The number of nitrogens with zero attached hydrogens (tertiary/aromatic N) is 5. The molecule has 5 N–H and O–H groups in total. The fourth-order valence-corrected chi connectivity index (χ4v) is 5.22. The third kappa shape index (κ3) is 4.15. The Hall–Kier alpha value is -4.05. The van der Waals surface area contributed by atoms with Crippen LogP contribution in [0.15, 0.2) is 41.0 Å². The van der Waals surface area contributed by atoms with E-state index in [2.05, 4.69) is 19.8 Å². The molecule has 2 aromatic heterocycles. The molecule has 1 fully saturated rings. The van der Waals surface area contributed by atoms with E-state index in [1.54, 1.807) is 4.57 Å². The topological polar surface area (TPSA) is 215 Å². The molecule has 2 amide bonds. The lowest BCUT2D eigenvalue weighted by molar-refractivity contribution is -0.689. The maximum atomic E-state index is 12.8. The number of fused-ring (bicyclic) bond motifs is 1. The molecular formula is C18H15N7O7S2. The van der Waals surface area contributed by atoms with Crippen LogP contribution in [0.5, 0.6) is 0 Å². The van der Waals surface area contributed by atoms with Crippen LogP contribution < -0.4 is 20.7 Å². The molecular weight excluding hydrogens is 490 g/mol. The number of carbonyl (C=O) groups is 4. The van der Waals surface area contributed by atoms with Crippen molar-refractivity contribution in [2.45, 2.75) is 18.0 Å². The minimum absolute atomic E-state index is 0.0458. The summed E-state index contributed by atoms with van der Waals surface area (Å²) < 4.78 is 5.36. The molecule has 0 bridgehead atoms. The first-order valence-electron chi connectivity index (χ1n) is 9.44. The van der Waals surface area contributed by atoms with Crippen LogP contribution in [0, 0.1) is 0 Å². The highest BCUT2D eigenvalue weighted by Gasteiger charge is 2.53. The number of rotatable bonds is 7. The van der Waals surface area contributed by atoms with Gasteiger partial charge in [-0.25, -0.2) is 9.36 Å². The zero-order valence-corrected chi connectivity index (χ0v) is 18.6. The minimum Gasteiger partial charge on any atom is -0.543 e. The van der Waals surface area contributed by atoms with Gasteiger partial charge in [-0.1, -0.05) is 5.16 Å². The molecule has 14 nitrogen and oxygen atoms in total. The molecule has 0 spiro atoms. The lowest BCUT2D eigenvalue weighted by atomic mass is 10.0. The van der Waals surface area contributed by atoms with Crippen molar-refractivity contribution in [2.24, 2.45) is 5.16 Å². The Bertz CT molecular complexity index is 1260. The van der Waals surface area contributed by atoms with Crippen molar-refractivity contribution in [1.29, 1.82) is 0 Å². The molecule has 0 unspecified atom stereocenters. The molecule has 4 heterocycles. The van der Waals surface area contributed by atoms with Gasteiger partial charge >= 0.3 is 5.97 Å². The Kier molecular flexibility index (Phi) is 6.16. The summed E-state index contributed by atoms with van der Waals surface area (Å²) in [7, 11) is 0. The van der Waals surface area contributed by atoms with Crippen LogP contribution in [0.2, 0.25) is 0 Å². The number of β-lactam (4-membered cyclic amide) rings is 1. The number of nitrogens with one attached hydrogen (secondary N) is 1. The Morgan fingerprint density at radius 2 is 2.06 bits per heavy atom. The van der Waals surface area contributed by atoms with Gasteiger partial charge in [0.15, 0.2) is 24.1 Å². The molecule has 4 rings (SSSR count). The van der Waals surface area contributed by atoms with Gasteiger partial charge in [0.05, 0.1) is 17.2 Å². The molecule has 2 aliphatic rings. The first kappa shape index (κ1) is 23.1. The number of carboxylic acids is 2. The van der Waals surface area contributed by atoms with Gasteiger partial charge in [0.1, 0.15) is 11.4 Å². The van der Waals surface area contributed by atoms with Crippen molar-refractivity contribution >= 4 is 57.9 Å². The predicted octanol–water partition coefficient (Wildman–Crippen LogP) is -2.61. The number of thioether (sulfide) groups is 1. The molecule has 16 heteroatoms. The van der Waals surface area contributed by atoms with Crippen LogP contribution in [-0.4, -0.2) is 71.2 Å². The summed E-state index contributed by atoms with van der Waals surface area (Å²) >= 11 is 2.01. The summed E-state index contributed by atoms with van der Waals surface area (Å²) in [6.07, 6.45) is 2.96. The number of aliphatic carboxylic acids is 1. The second-order valence-corrected chi connectivity index (χ2v) is 8.96. The normalized spacial score (nSPS) is 19.9. The number of nitrogens with two attached hydrogens (primary N) is 1. The predicted molar refractivity (Wildman–Crippen MR) is 113 cm³/mol. The van der Waals surface area contributed by atoms with Crippen LogP contribution in [0.25, 0.3) is 0 Å². The van der Waals surface area contributed by atoms with Crippen LogP contribution in [0.4, 0.5) is 5.13 Å². The largest absolute Gasteiger partial charge is 0.543 e. The van der Waals surface area contributed by atoms with Gasteiger partial charge in [0, 0.05) is 35.0 Å². The van der Waals surface area contributed by atoms with Crippen molar-refractivity contribution in [1.82, 2.24) is 19.6 Å². The van der Waals surface area contributed by atoms with Crippen molar-refractivity contribution in [3.05, 3.63) is 47.2 Å². The molecule has 2 aromatic rings. The molecule has 0 saturated carbocycles. The molecule has 2 aliphatic heterocycles. The second-order valence-electron chi connectivity index (χ2n) is 7.07. The summed E-state index contributed by atoms with van der Waals surface area (Å²) in [4.78, 5) is 53.0. The van der Waals surface area contributed by atoms with Crippen LogP contribution >= 0.6 is 23.3 Å².